The van der Waals surface area contributed by atoms with Crippen molar-refractivity contribution in [1.29, 1.82) is 0 Å². The number of aliphatic hydroxyl groups is 1. The third-order valence-corrected chi connectivity index (χ3v) is 23.2. The lowest BCUT2D eigenvalue weighted by Gasteiger charge is -2.45. The molecule has 3 rings (SSSR count). The Hall–Kier alpha value is -0.376. The maximum atomic E-state index is 10.8. The molecule has 1 unspecified atom stereocenters. The first-order valence-electron chi connectivity index (χ1n) is 18.5. The Morgan fingerprint density at radius 1 is 1.02 bits per heavy atom. The maximum Gasteiger partial charge on any atom is 0.192 e. The first-order chi connectivity index (χ1) is 21.1. The van der Waals surface area contributed by atoms with Crippen LogP contribution in [0.2, 0.25) is 36.3 Å². The van der Waals surface area contributed by atoms with Gasteiger partial charge in [0.05, 0.1) is 18.3 Å². The second-order valence-corrected chi connectivity index (χ2v) is 29.0. The van der Waals surface area contributed by atoms with E-state index in [1.807, 2.05) is 11.8 Å². The molecule has 0 aliphatic heterocycles. The van der Waals surface area contributed by atoms with E-state index in [4.69, 9.17) is 8.85 Å². The molecule has 3 aliphatic rings. The highest BCUT2D eigenvalue weighted by Gasteiger charge is 2.47. The number of fused-ring (bicyclic) bond motifs is 1. The Bertz CT molecular complexity index is 1150. The van der Waals surface area contributed by atoms with Gasteiger partial charge in [-0.05, 0) is 104 Å². The summed E-state index contributed by atoms with van der Waals surface area (Å²) in [4.78, 5) is 0. The Morgan fingerprint density at radius 2 is 1.61 bits per heavy atom. The molecular formula is C40H72O3SSi2. The monoisotopic (exact) mass is 688 g/mol. The smallest absolute Gasteiger partial charge is 0.192 e. The maximum absolute atomic E-state index is 10.8. The van der Waals surface area contributed by atoms with Gasteiger partial charge in [0, 0.05) is 17.4 Å². The summed E-state index contributed by atoms with van der Waals surface area (Å²) in [6.07, 6.45) is 16.2. The van der Waals surface area contributed by atoms with Crippen LogP contribution in [0.1, 0.15) is 121 Å². The van der Waals surface area contributed by atoms with E-state index in [0.29, 0.717) is 17.1 Å². The molecule has 0 heterocycles. The summed E-state index contributed by atoms with van der Waals surface area (Å²) in [6, 6.07) is 0. The quantitative estimate of drug-likeness (QED) is 0.164. The Kier molecular flexibility index (Phi) is 13.3. The number of allylic oxidation sites excluding steroid dienone is 4. The molecule has 6 heteroatoms. The van der Waals surface area contributed by atoms with Crippen molar-refractivity contribution in [2.24, 2.45) is 17.3 Å². The second kappa shape index (κ2) is 15.2. The normalized spacial score (nSPS) is 29.8. The molecule has 264 valence electrons. The van der Waals surface area contributed by atoms with Crippen LogP contribution < -0.4 is 0 Å². The molecule has 0 bridgehead atoms. The zero-order valence-corrected chi connectivity index (χ0v) is 35.3. The molecule has 3 aliphatic carbocycles. The van der Waals surface area contributed by atoms with Gasteiger partial charge in [-0.2, -0.15) is 11.8 Å². The van der Waals surface area contributed by atoms with Crippen LogP contribution in [-0.4, -0.2) is 51.1 Å². The van der Waals surface area contributed by atoms with Crippen molar-refractivity contribution in [3.8, 4) is 0 Å². The molecule has 0 amide bonds. The molecule has 0 aromatic carbocycles. The number of thioether (sulfide) groups is 1. The molecule has 0 saturated heterocycles. The molecule has 0 radical (unpaired) electrons. The van der Waals surface area contributed by atoms with Crippen molar-refractivity contribution in [2.45, 2.75) is 180 Å². The Morgan fingerprint density at radius 3 is 2.17 bits per heavy atom. The summed E-state index contributed by atoms with van der Waals surface area (Å²) in [5.41, 5.74) is 5.92. The lowest BCUT2D eigenvalue weighted by molar-refractivity contribution is 0.0969. The highest BCUT2D eigenvalue weighted by molar-refractivity contribution is 8.00. The van der Waals surface area contributed by atoms with Gasteiger partial charge >= 0.3 is 0 Å². The molecular weight excluding hydrogens is 617 g/mol. The van der Waals surface area contributed by atoms with Crippen molar-refractivity contribution in [1.82, 2.24) is 0 Å². The van der Waals surface area contributed by atoms with Crippen LogP contribution in [0.5, 0.6) is 0 Å². The lowest BCUT2D eigenvalue weighted by atomic mass is 9.64. The van der Waals surface area contributed by atoms with Gasteiger partial charge in [-0.1, -0.05) is 111 Å². The van der Waals surface area contributed by atoms with E-state index in [0.717, 1.165) is 37.9 Å². The van der Waals surface area contributed by atoms with E-state index < -0.39 is 16.6 Å². The molecule has 2 fully saturated rings. The average Bonchev–Trinajstić information content (AvgIpc) is 3.29. The number of hydrogen-bond acceptors (Lipinski definition) is 4. The second-order valence-electron chi connectivity index (χ2n) is 18.1. The third kappa shape index (κ3) is 9.04. The van der Waals surface area contributed by atoms with E-state index in [9.17, 15) is 5.11 Å². The molecule has 6 atom stereocenters. The summed E-state index contributed by atoms with van der Waals surface area (Å²) in [6.45, 7) is 37.5. The molecule has 3 nitrogen and oxygen atoms in total. The average molecular weight is 689 g/mol. The van der Waals surface area contributed by atoms with Crippen LogP contribution in [0.4, 0.5) is 0 Å². The van der Waals surface area contributed by atoms with E-state index >= 15 is 0 Å². The van der Waals surface area contributed by atoms with Crippen molar-refractivity contribution >= 4 is 28.4 Å². The first-order valence-corrected chi connectivity index (χ1v) is 25.4. The summed E-state index contributed by atoms with van der Waals surface area (Å²) < 4.78 is 14.2. The molecule has 0 aromatic heterocycles. The van der Waals surface area contributed by atoms with E-state index in [1.54, 1.807) is 11.1 Å². The molecule has 1 N–H and O–H groups in total. The highest BCUT2D eigenvalue weighted by atomic mass is 32.2. The van der Waals surface area contributed by atoms with Gasteiger partial charge in [-0.25, -0.2) is 0 Å². The molecule has 2 saturated carbocycles. The van der Waals surface area contributed by atoms with Crippen LogP contribution in [0, 0.1) is 17.3 Å². The molecule has 46 heavy (non-hydrogen) atoms. The predicted octanol–water partition coefficient (Wildman–Crippen LogP) is 12.0. The standard InChI is InChI=1S/C40H72O3SSi2/c1-16-30(17-2)36(41)27-44-29(4)34-22-23-35-31(19-18-24-40(34,35)11)20-21-32-25-33(42-45(12,13)38(5,6)7)26-37(28(32)3)43-46(14,15)39(8,9)10/h20-22,29-30,33,35-37,41H,3,16-19,23-27H2,1-2,4-15H3/b31-20+,32-21-/t29?,33-,35+,36+,37+,40-/m1/s1. The van der Waals surface area contributed by atoms with Crippen LogP contribution in [-0.2, 0) is 8.85 Å². The summed E-state index contributed by atoms with van der Waals surface area (Å²) in [7, 11) is -3.92. The van der Waals surface area contributed by atoms with Crippen molar-refractivity contribution in [2.75, 3.05) is 5.75 Å². The van der Waals surface area contributed by atoms with Gasteiger partial charge in [0.15, 0.2) is 16.6 Å². The lowest BCUT2D eigenvalue weighted by Crippen LogP contribution is -2.49. The number of aliphatic hydroxyl groups excluding tert-OH is 1. The van der Waals surface area contributed by atoms with Gasteiger partial charge in [-0.15, -0.1) is 0 Å². The van der Waals surface area contributed by atoms with Crippen molar-refractivity contribution in [3.05, 3.63) is 47.1 Å². The molecule has 0 spiro atoms. The third-order valence-electron chi connectivity index (χ3n) is 12.9. The number of hydrogen-bond donors (Lipinski definition) is 1. The minimum atomic E-state index is -1.99. The fourth-order valence-electron chi connectivity index (χ4n) is 7.55. The van der Waals surface area contributed by atoms with Gasteiger partial charge in [-0.3, -0.25) is 0 Å². The first kappa shape index (κ1) is 40.1. The fourth-order valence-corrected chi connectivity index (χ4v) is 11.5. The van der Waals surface area contributed by atoms with Crippen molar-refractivity contribution < 1.29 is 14.0 Å². The summed E-state index contributed by atoms with van der Waals surface area (Å²) in [5, 5.41) is 11.6. The Labute approximate surface area is 291 Å². The van der Waals surface area contributed by atoms with Gasteiger partial charge in [0.1, 0.15) is 0 Å². The van der Waals surface area contributed by atoms with Gasteiger partial charge < -0.3 is 14.0 Å². The minimum absolute atomic E-state index is 0.0127. The number of rotatable bonds is 12. The summed E-state index contributed by atoms with van der Waals surface area (Å²) >= 11 is 1.96. The van der Waals surface area contributed by atoms with E-state index in [2.05, 4.69) is 120 Å². The fraction of sp³-hybridized carbons (Fsp3) is 0.800. The minimum Gasteiger partial charge on any atom is -0.413 e. The summed E-state index contributed by atoms with van der Waals surface area (Å²) in [5.74, 6) is 1.81. The zero-order valence-electron chi connectivity index (χ0n) is 32.4. The van der Waals surface area contributed by atoms with Crippen molar-refractivity contribution in [3.63, 3.8) is 0 Å². The van der Waals surface area contributed by atoms with Crippen LogP contribution in [0.15, 0.2) is 47.1 Å². The van der Waals surface area contributed by atoms with Gasteiger partial charge in [0.25, 0.3) is 0 Å². The largest absolute Gasteiger partial charge is 0.413 e. The topological polar surface area (TPSA) is 38.7 Å². The van der Waals surface area contributed by atoms with E-state index in [1.165, 1.54) is 30.4 Å². The van der Waals surface area contributed by atoms with E-state index in [-0.39, 0.29) is 33.8 Å². The SMILES string of the molecule is C=C1/C(=C\C=C2/CCC[C@]3(C)C(C(C)SC[C@H](O)C(CC)CC)=CC[C@@H]23)C[C@@H](O[Si](C)(C)C(C)(C)C)C[C@@H]1O[Si](C)(C)C(C)(C)C. The van der Waals surface area contributed by atoms with Crippen LogP contribution >= 0.6 is 11.8 Å². The van der Waals surface area contributed by atoms with Gasteiger partial charge in [0.2, 0.25) is 0 Å². The van der Waals surface area contributed by atoms with Crippen LogP contribution in [0.25, 0.3) is 0 Å². The predicted molar refractivity (Wildman–Crippen MR) is 209 cm³/mol. The zero-order chi connectivity index (χ0) is 34.9. The Balaban J connectivity index is 1.85. The van der Waals surface area contributed by atoms with Crippen LogP contribution in [0.3, 0.4) is 0 Å². The highest BCUT2D eigenvalue weighted by Crippen LogP contribution is 2.57. The molecule has 0 aromatic rings.